The lowest BCUT2D eigenvalue weighted by atomic mass is 10.1. The number of aryl methyl sites for hydroxylation is 3. The first-order valence-electron chi connectivity index (χ1n) is 8.49. The van der Waals surface area contributed by atoms with Crippen molar-refractivity contribution >= 4 is 22.5 Å². The highest BCUT2D eigenvalue weighted by atomic mass is 35.5. The molecule has 26 heavy (non-hydrogen) atoms. The van der Waals surface area contributed by atoms with Gasteiger partial charge in [0.15, 0.2) is 0 Å². The van der Waals surface area contributed by atoms with Gasteiger partial charge in [-0.05, 0) is 56.0 Å². The molecule has 0 N–H and O–H groups in total. The van der Waals surface area contributed by atoms with Crippen LogP contribution in [0.2, 0.25) is 5.02 Å². The molecule has 0 unspecified atom stereocenters. The Kier molecular flexibility index (Phi) is 5.47. The molecule has 1 aromatic heterocycles. The predicted octanol–water partition coefficient (Wildman–Crippen LogP) is 4.08. The first-order chi connectivity index (χ1) is 12.5. The van der Waals surface area contributed by atoms with Crippen molar-refractivity contribution in [1.29, 1.82) is 0 Å². The number of unbranched alkanes of at least 4 members (excludes halogenated alkanes) is 1. The van der Waals surface area contributed by atoms with Crippen LogP contribution in [0.25, 0.3) is 10.9 Å². The number of benzene rings is 2. The van der Waals surface area contributed by atoms with E-state index in [1.165, 1.54) is 10.6 Å². The molecule has 0 saturated heterocycles. The fraction of sp³-hybridized carbons (Fsp3) is 0.300. The van der Waals surface area contributed by atoms with Crippen molar-refractivity contribution in [3.63, 3.8) is 0 Å². The summed E-state index contributed by atoms with van der Waals surface area (Å²) in [6, 6.07) is 10.9. The Labute approximate surface area is 155 Å². The molecule has 0 aliphatic rings. The van der Waals surface area contributed by atoms with Crippen LogP contribution in [0.3, 0.4) is 0 Å². The quantitative estimate of drug-likeness (QED) is 0.611. The molecule has 3 aromatic rings. The normalized spacial score (nSPS) is 11.0. The van der Waals surface area contributed by atoms with Crippen molar-refractivity contribution in [3.05, 3.63) is 73.5 Å². The molecule has 2 aromatic carbocycles. The summed E-state index contributed by atoms with van der Waals surface area (Å²) in [6.45, 7) is 5.04. The maximum Gasteiger partial charge on any atom is 0.422 e. The van der Waals surface area contributed by atoms with Crippen LogP contribution in [-0.4, -0.2) is 11.2 Å². The lowest BCUT2D eigenvalue weighted by molar-refractivity contribution is 0.297. The third-order valence-corrected chi connectivity index (χ3v) is 4.54. The number of rotatable bonds is 6. The predicted molar refractivity (Wildman–Crippen MR) is 102 cm³/mol. The van der Waals surface area contributed by atoms with Crippen LogP contribution in [0, 0.1) is 13.8 Å². The van der Waals surface area contributed by atoms with E-state index in [1.807, 2.05) is 32.0 Å². The maximum atomic E-state index is 12.0. The standard InChI is InChI=1S/C20H20ClNO4/c1-13-6-5-7-14(2)18(13)25-11-4-3-10-22-17-9-8-15(21)12-16(17)19(23)26-20(22)24/h5-9,12H,3-4,10-11H2,1-2H3. The monoisotopic (exact) mass is 373 g/mol. The zero-order valence-electron chi connectivity index (χ0n) is 14.8. The molecular formula is C20H20ClNO4. The van der Waals surface area contributed by atoms with E-state index in [0.717, 1.165) is 29.7 Å². The minimum Gasteiger partial charge on any atom is -0.493 e. The lowest BCUT2D eigenvalue weighted by Crippen LogP contribution is -2.25. The van der Waals surface area contributed by atoms with Gasteiger partial charge >= 0.3 is 11.4 Å². The van der Waals surface area contributed by atoms with E-state index in [0.29, 0.717) is 29.1 Å². The number of fused-ring (bicyclic) bond motifs is 1. The minimum absolute atomic E-state index is 0.309. The zero-order valence-corrected chi connectivity index (χ0v) is 15.5. The van der Waals surface area contributed by atoms with Gasteiger partial charge in [0.05, 0.1) is 17.5 Å². The molecule has 0 fully saturated rings. The van der Waals surface area contributed by atoms with Crippen LogP contribution in [-0.2, 0) is 6.54 Å². The van der Waals surface area contributed by atoms with Crippen molar-refractivity contribution in [3.8, 4) is 5.75 Å². The second-order valence-electron chi connectivity index (χ2n) is 6.25. The SMILES string of the molecule is Cc1cccc(C)c1OCCCCn1c(=O)oc(=O)c2cc(Cl)ccc21. The van der Waals surface area contributed by atoms with E-state index in [4.69, 9.17) is 20.8 Å². The van der Waals surface area contributed by atoms with Crippen LogP contribution < -0.4 is 16.1 Å². The average molecular weight is 374 g/mol. The van der Waals surface area contributed by atoms with E-state index in [9.17, 15) is 9.59 Å². The number of para-hydroxylation sites is 1. The summed E-state index contributed by atoms with van der Waals surface area (Å²) in [6.07, 6.45) is 1.49. The van der Waals surface area contributed by atoms with Crippen molar-refractivity contribution in [2.45, 2.75) is 33.2 Å². The minimum atomic E-state index is -0.665. The van der Waals surface area contributed by atoms with Crippen LogP contribution >= 0.6 is 11.6 Å². The largest absolute Gasteiger partial charge is 0.493 e. The first-order valence-corrected chi connectivity index (χ1v) is 8.87. The molecule has 0 bridgehead atoms. The summed E-state index contributed by atoms with van der Waals surface area (Å²) >= 11 is 5.93. The third-order valence-electron chi connectivity index (χ3n) is 4.30. The molecule has 136 valence electrons. The number of halogens is 1. The van der Waals surface area contributed by atoms with Crippen molar-refractivity contribution < 1.29 is 9.15 Å². The van der Waals surface area contributed by atoms with Gasteiger partial charge < -0.3 is 9.15 Å². The van der Waals surface area contributed by atoms with Gasteiger partial charge in [0, 0.05) is 11.6 Å². The Hall–Kier alpha value is -2.53. The van der Waals surface area contributed by atoms with Gasteiger partial charge in [-0.1, -0.05) is 29.8 Å². The summed E-state index contributed by atoms with van der Waals surface area (Å²) in [4.78, 5) is 23.9. The molecule has 6 heteroatoms. The lowest BCUT2D eigenvalue weighted by Gasteiger charge is -2.12. The van der Waals surface area contributed by atoms with Crippen molar-refractivity contribution in [2.24, 2.45) is 0 Å². The average Bonchev–Trinajstić information content (AvgIpc) is 2.59. The van der Waals surface area contributed by atoms with Gasteiger partial charge in [0.2, 0.25) is 0 Å². The number of hydrogen-bond acceptors (Lipinski definition) is 4. The Bertz CT molecular complexity index is 1030. The van der Waals surface area contributed by atoms with Crippen LogP contribution in [0.4, 0.5) is 0 Å². The second kappa shape index (κ2) is 7.79. The summed E-state index contributed by atoms with van der Waals surface area (Å²) < 4.78 is 12.1. The van der Waals surface area contributed by atoms with E-state index < -0.39 is 11.4 Å². The highest BCUT2D eigenvalue weighted by Gasteiger charge is 2.10. The molecule has 0 spiro atoms. The summed E-state index contributed by atoms with van der Waals surface area (Å²) in [7, 11) is 0. The topological polar surface area (TPSA) is 61.4 Å². The van der Waals surface area contributed by atoms with Gasteiger partial charge in [-0.25, -0.2) is 9.59 Å². The summed E-state index contributed by atoms with van der Waals surface area (Å²) in [5, 5.41) is 0.737. The number of hydrogen-bond donors (Lipinski definition) is 0. The molecule has 5 nitrogen and oxygen atoms in total. The Morgan fingerprint density at radius 2 is 1.81 bits per heavy atom. The first kappa shape index (κ1) is 18.3. The molecule has 3 rings (SSSR count). The second-order valence-corrected chi connectivity index (χ2v) is 6.68. The van der Waals surface area contributed by atoms with Gasteiger partial charge in [-0.2, -0.15) is 0 Å². The third kappa shape index (κ3) is 3.83. The Morgan fingerprint density at radius 1 is 1.08 bits per heavy atom. The van der Waals surface area contributed by atoms with Crippen molar-refractivity contribution in [2.75, 3.05) is 6.61 Å². The van der Waals surface area contributed by atoms with Gasteiger partial charge in [-0.3, -0.25) is 4.57 Å². The number of ether oxygens (including phenoxy) is 1. The number of nitrogens with zero attached hydrogens (tertiary/aromatic N) is 1. The van der Waals surface area contributed by atoms with Gasteiger partial charge in [0.25, 0.3) is 0 Å². The zero-order chi connectivity index (χ0) is 18.7. The van der Waals surface area contributed by atoms with E-state index in [2.05, 4.69) is 0 Å². The van der Waals surface area contributed by atoms with Gasteiger partial charge in [-0.15, -0.1) is 0 Å². The highest BCUT2D eigenvalue weighted by molar-refractivity contribution is 6.31. The molecule has 0 radical (unpaired) electrons. The summed E-state index contributed by atoms with van der Waals surface area (Å²) in [5.41, 5.74) is 2.08. The van der Waals surface area contributed by atoms with Gasteiger partial charge in [0.1, 0.15) is 5.75 Å². The van der Waals surface area contributed by atoms with Crippen molar-refractivity contribution in [1.82, 2.24) is 4.57 Å². The molecule has 0 aliphatic heterocycles. The fourth-order valence-corrected chi connectivity index (χ4v) is 3.15. The molecule has 0 aliphatic carbocycles. The molecule has 0 amide bonds. The fourth-order valence-electron chi connectivity index (χ4n) is 2.98. The highest BCUT2D eigenvalue weighted by Crippen LogP contribution is 2.22. The van der Waals surface area contributed by atoms with E-state index >= 15 is 0 Å². The Morgan fingerprint density at radius 3 is 2.54 bits per heavy atom. The van der Waals surface area contributed by atoms with E-state index in [-0.39, 0.29) is 0 Å². The smallest absolute Gasteiger partial charge is 0.422 e. The molecular weight excluding hydrogens is 354 g/mol. The maximum absolute atomic E-state index is 12.0. The van der Waals surface area contributed by atoms with Crippen LogP contribution in [0.5, 0.6) is 5.75 Å². The summed E-state index contributed by atoms with van der Waals surface area (Å²) in [5.74, 6) is 0.260. The van der Waals surface area contributed by atoms with E-state index in [1.54, 1.807) is 12.1 Å². The molecule has 0 atom stereocenters. The van der Waals surface area contributed by atoms with Crippen LogP contribution in [0.1, 0.15) is 24.0 Å². The Balaban J connectivity index is 1.67. The van der Waals surface area contributed by atoms with Crippen LogP contribution in [0.15, 0.2) is 50.4 Å². The molecule has 0 saturated carbocycles. The number of aromatic nitrogens is 1. The molecule has 1 heterocycles.